The van der Waals surface area contributed by atoms with Gasteiger partial charge in [0, 0.05) is 19.3 Å². The van der Waals surface area contributed by atoms with Crippen LogP contribution in [0.3, 0.4) is 0 Å². The highest BCUT2D eigenvalue weighted by Gasteiger charge is 2.24. The third kappa shape index (κ3) is 2.98. The summed E-state index contributed by atoms with van der Waals surface area (Å²) in [7, 11) is 1.34. The van der Waals surface area contributed by atoms with Gasteiger partial charge in [0.1, 0.15) is 0 Å². The zero-order valence-corrected chi connectivity index (χ0v) is 14.2. The lowest BCUT2D eigenvalue weighted by atomic mass is 10.00. The number of fused-ring (bicyclic) bond motifs is 3. The van der Waals surface area contributed by atoms with Crippen molar-refractivity contribution in [2.24, 2.45) is 0 Å². The smallest absolute Gasteiger partial charge is 0.413 e. The summed E-state index contributed by atoms with van der Waals surface area (Å²) in [6.45, 7) is 5.89. The van der Waals surface area contributed by atoms with Crippen LogP contribution in [0.2, 0.25) is 0 Å². The molecule has 1 amide bonds. The van der Waals surface area contributed by atoms with Gasteiger partial charge in [0.05, 0.1) is 23.4 Å². The Morgan fingerprint density at radius 3 is 2.83 bits per heavy atom. The Hall–Kier alpha value is -2.22. The molecule has 0 radical (unpaired) electrons. The number of amides is 1. The summed E-state index contributed by atoms with van der Waals surface area (Å²) >= 11 is 1.43. The van der Waals surface area contributed by atoms with Crippen molar-refractivity contribution < 1.29 is 9.53 Å². The molecule has 1 aliphatic carbocycles. The summed E-state index contributed by atoms with van der Waals surface area (Å²) in [6.07, 6.45) is 3.09. The second-order valence-corrected chi connectivity index (χ2v) is 6.13. The second-order valence-electron chi connectivity index (χ2n) is 5.13. The number of aromatic nitrogens is 3. The van der Waals surface area contributed by atoms with Crippen molar-refractivity contribution in [3.63, 3.8) is 0 Å². The van der Waals surface area contributed by atoms with Gasteiger partial charge in [-0.2, -0.15) is 0 Å². The fourth-order valence-electron chi connectivity index (χ4n) is 2.59. The number of ether oxygens (including phenoxy) is 1. The summed E-state index contributed by atoms with van der Waals surface area (Å²) in [5, 5.41) is 3.17. The number of nitrogens with zero attached hydrogens (tertiary/aromatic N) is 4. The Kier molecular flexibility index (Phi) is 4.42. The molecule has 0 saturated heterocycles. The van der Waals surface area contributed by atoms with Crippen molar-refractivity contribution in [1.82, 2.24) is 15.0 Å². The van der Waals surface area contributed by atoms with E-state index in [-0.39, 0.29) is 0 Å². The number of carbonyl (C=O) groups is 1. The van der Waals surface area contributed by atoms with Gasteiger partial charge in [-0.05, 0) is 32.3 Å². The maximum absolute atomic E-state index is 11.4. The normalized spacial score (nSPS) is 12.3. The third-order valence-electron chi connectivity index (χ3n) is 3.84. The van der Waals surface area contributed by atoms with Gasteiger partial charge in [-0.15, -0.1) is 0 Å². The molecule has 122 valence electrons. The summed E-state index contributed by atoms with van der Waals surface area (Å²) in [5.74, 6) is 0.734. The molecule has 8 heteroatoms. The van der Waals surface area contributed by atoms with Gasteiger partial charge in [-0.3, -0.25) is 5.32 Å². The van der Waals surface area contributed by atoms with Gasteiger partial charge < -0.3 is 9.64 Å². The number of hydrogen-bond acceptors (Lipinski definition) is 7. The molecule has 0 aliphatic heterocycles. The first-order chi connectivity index (χ1) is 11.2. The van der Waals surface area contributed by atoms with E-state index in [0.717, 1.165) is 53.7 Å². The van der Waals surface area contributed by atoms with Crippen LogP contribution in [0.15, 0.2) is 6.20 Å². The predicted molar refractivity (Wildman–Crippen MR) is 90.1 cm³/mol. The largest absolute Gasteiger partial charge is 0.453 e. The van der Waals surface area contributed by atoms with Gasteiger partial charge in [0.2, 0.25) is 5.95 Å². The molecular weight excluding hydrogens is 314 g/mol. The van der Waals surface area contributed by atoms with Crippen molar-refractivity contribution in [1.29, 1.82) is 0 Å². The highest BCUT2D eigenvalue weighted by molar-refractivity contribution is 7.19. The monoisotopic (exact) mass is 333 g/mol. The highest BCUT2D eigenvalue weighted by Crippen LogP contribution is 2.38. The third-order valence-corrected chi connectivity index (χ3v) is 4.86. The van der Waals surface area contributed by atoms with Crippen LogP contribution >= 0.6 is 11.3 Å². The van der Waals surface area contributed by atoms with Crippen molar-refractivity contribution in [3.8, 4) is 10.6 Å². The zero-order valence-electron chi connectivity index (χ0n) is 13.4. The maximum Gasteiger partial charge on any atom is 0.413 e. The quantitative estimate of drug-likeness (QED) is 0.926. The Morgan fingerprint density at radius 1 is 1.35 bits per heavy atom. The highest BCUT2D eigenvalue weighted by atomic mass is 32.1. The number of thiazole rings is 1. The van der Waals surface area contributed by atoms with E-state index in [1.165, 1.54) is 18.4 Å². The average molecular weight is 333 g/mol. The molecule has 0 unspecified atom stereocenters. The van der Waals surface area contributed by atoms with Crippen molar-refractivity contribution in [3.05, 3.63) is 17.5 Å². The van der Waals surface area contributed by atoms with Crippen LogP contribution in [0.25, 0.3) is 10.6 Å². The number of hydrogen-bond donors (Lipinski definition) is 1. The lowest BCUT2D eigenvalue weighted by Gasteiger charge is -2.21. The molecule has 23 heavy (non-hydrogen) atoms. The van der Waals surface area contributed by atoms with Crippen molar-refractivity contribution in [2.75, 3.05) is 30.4 Å². The number of methoxy groups -OCH3 is 1. The molecule has 0 atom stereocenters. The Balaban J connectivity index is 1.98. The molecule has 0 spiro atoms. The molecule has 3 rings (SSSR count). The molecule has 2 heterocycles. The van der Waals surface area contributed by atoms with Crippen LogP contribution < -0.4 is 10.2 Å². The summed E-state index contributed by atoms with van der Waals surface area (Å²) < 4.78 is 4.62. The summed E-state index contributed by atoms with van der Waals surface area (Å²) in [4.78, 5) is 28.2. The Bertz CT molecular complexity index is 727. The molecule has 2 aromatic rings. The number of anilines is 2. The van der Waals surface area contributed by atoms with Gasteiger partial charge in [-0.1, -0.05) is 11.3 Å². The first-order valence-corrected chi connectivity index (χ1v) is 8.43. The van der Waals surface area contributed by atoms with Crippen LogP contribution in [0, 0.1) is 0 Å². The fraction of sp³-hybridized carbons (Fsp3) is 0.467. The first-order valence-electron chi connectivity index (χ1n) is 7.62. The minimum atomic E-state index is -0.511. The second kappa shape index (κ2) is 6.49. The van der Waals surface area contributed by atoms with Crippen LogP contribution in [-0.4, -0.2) is 41.2 Å². The van der Waals surface area contributed by atoms with E-state index in [1.54, 1.807) is 0 Å². The molecule has 7 nitrogen and oxygen atoms in total. The van der Waals surface area contributed by atoms with E-state index in [1.807, 2.05) is 6.20 Å². The fourth-order valence-corrected chi connectivity index (χ4v) is 3.61. The molecule has 0 saturated carbocycles. The lowest BCUT2D eigenvalue weighted by molar-refractivity contribution is 0.187. The first kappa shape index (κ1) is 15.7. The maximum atomic E-state index is 11.4. The van der Waals surface area contributed by atoms with E-state index in [0.29, 0.717) is 5.13 Å². The molecule has 2 aromatic heterocycles. The van der Waals surface area contributed by atoms with Crippen molar-refractivity contribution >= 4 is 28.5 Å². The number of carbonyl (C=O) groups excluding carboxylic acids is 1. The Morgan fingerprint density at radius 2 is 2.13 bits per heavy atom. The zero-order chi connectivity index (χ0) is 16.4. The van der Waals surface area contributed by atoms with Crippen molar-refractivity contribution in [2.45, 2.75) is 26.7 Å². The molecule has 1 aliphatic rings. The molecule has 0 bridgehead atoms. The van der Waals surface area contributed by atoms with Crippen LogP contribution in [0.1, 0.15) is 25.1 Å². The molecular formula is C15H19N5O2S. The summed E-state index contributed by atoms with van der Waals surface area (Å²) in [5.41, 5.74) is 3.03. The van der Waals surface area contributed by atoms with E-state index in [2.05, 4.69) is 38.8 Å². The van der Waals surface area contributed by atoms with E-state index in [4.69, 9.17) is 4.98 Å². The molecule has 0 fully saturated rings. The van der Waals surface area contributed by atoms with Gasteiger partial charge >= 0.3 is 6.09 Å². The number of nitrogens with one attached hydrogen (secondary N) is 1. The van der Waals surface area contributed by atoms with E-state index < -0.39 is 6.09 Å². The van der Waals surface area contributed by atoms with E-state index >= 15 is 0 Å². The topological polar surface area (TPSA) is 80.2 Å². The average Bonchev–Trinajstić information content (AvgIpc) is 2.98. The van der Waals surface area contributed by atoms with Crippen LogP contribution in [0.4, 0.5) is 15.9 Å². The van der Waals surface area contributed by atoms with Gasteiger partial charge in [-0.25, -0.2) is 19.7 Å². The molecule has 1 N–H and O–H groups in total. The predicted octanol–water partition coefficient (Wildman–Crippen LogP) is 2.72. The van der Waals surface area contributed by atoms with Crippen LogP contribution in [-0.2, 0) is 17.6 Å². The van der Waals surface area contributed by atoms with Gasteiger partial charge in [0.15, 0.2) is 5.13 Å². The van der Waals surface area contributed by atoms with Crippen LogP contribution in [0.5, 0.6) is 0 Å². The Labute approximate surface area is 138 Å². The SMILES string of the molecule is CCN(CC)c1ncc2c(n1)-c1sc(NC(=O)OC)nc1CC2. The standard InChI is InChI=1S/C15H19N5O2S/c1-4-20(5-2)13-16-8-9-6-7-10-12(11(9)18-13)23-14(17-10)19-15(21)22-3/h8H,4-7H2,1-3H3,(H,17,19,21). The van der Waals surface area contributed by atoms with Gasteiger partial charge in [0.25, 0.3) is 0 Å². The lowest BCUT2D eigenvalue weighted by Crippen LogP contribution is -2.24. The van der Waals surface area contributed by atoms with E-state index in [9.17, 15) is 4.79 Å². The summed E-state index contributed by atoms with van der Waals surface area (Å²) in [6, 6.07) is 0. The molecule has 0 aromatic carbocycles. The number of aryl methyl sites for hydroxylation is 2. The minimum Gasteiger partial charge on any atom is -0.453 e. The number of rotatable bonds is 4. The minimum absolute atomic E-state index is 0.511.